The van der Waals surface area contributed by atoms with Crippen molar-refractivity contribution in [1.82, 2.24) is 10.3 Å². The van der Waals surface area contributed by atoms with E-state index in [1.807, 2.05) is 0 Å². The summed E-state index contributed by atoms with van der Waals surface area (Å²) in [6.45, 7) is 5.34. The summed E-state index contributed by atoms with van der Waals surface area (Å²) >= 11 is 0. The third-order valence-electron chi connectivity index (χ3n) is 3.41. The summed E-state index contributed by atoms with van der Waals surface area (Å²) in [5.41, 5.74) is 0.991. The quantitative estimate of drug-likeness (QED) is 0.828. The molecule has 1 saturated carbocycles. The van der Waals surface area contributed by atoms with Crippen molar-refractivity contribution in [2.24, 2.45) is 5.92 Å². The van der Waals surface area contributed by atoms with Crippen molar-refractivity contribution in [1.29, 1.82) is 0 Å². The minimum Gasteiger partial charge on any atom is -0.314 e. The fraction of sp³-hybridized carbons (Fsp3) is 0.615. The molecular weight excluding hydrogens is 203 g/mol. The Morgan fingerprint density at radius 3 is 2.81 bits per heavy atom. The van der Waals surface area contributed by atoms with Crippen LogP contribution in [0.1, 0.15) is 38.2 Å². The lowest BCUT2D eigenvalue weighted by molar-refractivity contribution is 0.444. The summed E-state index contributed by atoms with van der Waals surface area (Å²) in [7, 11) is 0. The summed E-state index contributed by atoms with van der Waals surface area (Å²) in [4.78, 5) is 3.90. The van der Waals surface area contributed by atoms with E-state index < -0.39 is 0 Å². The first-order valence-electron chi connectivity index (χ1n) is 6.00. The molecule has 1 heterocycles. The lowest BCUT2D eigenvalue weighted by Crippen LogP contribution is -2.26. The summed E-state index contributed by atoms with van der Waals surface area (Å²) in [6, 6.07) is 2.32. The molecule has 0 aliphatic heterocycles. The van der Waals surface area contributed by atoms with Gasteiger partial charge in [-0.25, -0.2) is 4.39 Å². The van der Waals surface area contributed by atoms with Crippen molar-refractivity contribution in [2.45, 2.75) is 38.6 Å². The molecule has 3 heteroatoms. The van der Waals surface area contributed by atoms with E-state index in [0.29, 0.717) is 11.8 Å². The van der Waals surface area contributed by atoms with E-state index >= 15 is 0 Å². The highest BCUT2D eigenvalue weighted by Crippen LogP contribution is 2.25. The van der Waals surface area contributed by atoms with Crippen LogP contribution in [0.3, 0.4) is 0 Å². The monoisotopic (exact) mass is 222 g/mol. The predicted molar refractivity (Wildman–Crippen MR) is 62.8 cm³/mol. The smallest absolute Gasteiger partial charge is 0.141 e. The summed E-state index contributed by atoms with van der Waals surface area (Å²) in [5, 5.41) is 3.51. The summed E-state index contributed by atoms with van der Waals surface area (Å²) in [5.74, 6) is 0.602. The third-order valence-corrected chi connectivity index (χ3v) is 3.41. The molecule has 1 aromatic heterocycles. The van der Waals surface area contributed by atoms with Gasteiger partial charge in [-0.15, -0.1) is 0 Å². The van der Waals surface area contributed by atoms with Gasteiger partial charge in [-0.2, -0.15) is 0 Å². The zero-order chi connectivity index (χ0) is 11.5. The Labute approximate surface area is 96.3 Å². The largest absolute Gasteiger partial charge is 0.314 e. The van der Waals surface area contributed by atoms with Crippen molar-refractivity contribution >= 4 is 0 Å². The minimum atomic E-state index is -0.244. The van der Waals surface area contributed by atoms with Gasteiger partial charge in [0.1, 0.15) is 5.82 Å². The van der Waals surface area contributed by atoms with Gasteiger partial charge in [0, 0.05) is 12.2 Å². The summed E-state index contributed by atoms with van der Waals surface area (Å²) in [6.07, 6.45) is 5.63. The molecule has 1 fully saturated rings. The zero-order valence-electron chi connectivity index (χ0n) is 9.91. The Balaban J connectivity index is 1.91. The number of nitrogens with one attached hydrogen (secondary N) is 1. The Morgan fingerprint density at radius 2 is 2.19 bits per heavy atom. The second-order valence-corrected chi connectivity index (χ2v) is 4.88. The Morgan fingerprint density at radius 1 is 1.44 bits per heavy atom. The van der Waals surface area contributed by atoms with E-state index in [9.17, 15) is 4.39 Å². The normalized spacial score (nSPS) is 19.4. The van der Waals surface area contributed by atoms with Crippen molar-refractivity contribution in [3.05, 3.63) is 29.8 Å². The standard InChI is InChI=1S/C13H19FN2/c1-9(6-16-13-3-4-13)10(2)11-5-12(14)8-15-7-11/h5,7-10,13,16H,3-4,6H2,1-2H3. The van der Waals surface area contributed by atoms with Crippen molar-refractivity contribution in [2.75, 3.05) is 6.54 Å². The highest BCUT2D eigenvalue weighted by atomic mass is 19.1. The number of aromatic nitrogens is 1. The van der Waals surface area contributed by atoms with E-state index in [-0.39, 0.29) is 5.82 Å². The molecule has 16 heavy (non-hydrogen) atoms. The molecule has 0 saturated heterocycles. The minimum absolute atomic E-state index is 0.244. The number of pyridine rings is 1. The molecule has 1 aliphatic rings. The molecule has 0 bridgehead atoms. The van der Waals surface area contributed by atoms with E-state index in [4.69, 9.17) is 0 Å². The second kappa shape index (κ2) is 4.91. The van der Waals surface area contributed by atoms with Gasteiger partial charge >= 0.3 is 0 Å². The lowest BCUT2D eigenvalue weighted by atomic mass is 9.90. The van der Waals surface area contributed by atoms with E-state index in [2.05, 4.69) is 24.1 Å². The van der Waals surface area contributed by atoms with Crippen molar-refractivity contribution < 1.29 is 4.39 Å². The topological polar surface area (TPSA) is 24.9 Å². The lowest BCUT2D eigenvalue weighted by Gasteiger charge is -2.20. The van der Waals surface area contributed by atoms with Crippen molar-refractivity contribution in [3.63, 3.8) is 0 Å². The molecule has 2 atom stereocenters. The van der Waals surface area contributed by atoms with E-state index in [1.165, 1.54) is 19.0 Å². The van der Waals surface area contributed by atoms with Crippen LogP contribution in [-0.4, -0.2) is 17.6 Å². The average molecular weight is 222 g/mol. The van der Waals surface area contributed by atoms with Gasteiger partial charge in [-0.1, -0.05) is 13.8 Å². The maximum Gasteiger partial charge on any atom is 0.141 e. The fourth-order valence-electron chi connectivity index (χ4n) is 1.82. The average Bonchev–Trinajstić information content (AvgIpc) is 3.08. The fourth-order valence-corrected chi connectivity index (χ4v) is 1.82. The predicted octanol–water partition coefficient (Wildman–Crippen LogP) is 2.71. The van der Waals surface area contributed by atoms with Gasteiger partial charge in [-0.3, -0.25) is 4.98 Å². The molecule has 0 amide bonds. The van der Waals surface area contributed by atoms with Gasteiger partial charge in [0.25, 0.3) is 0 Å². The Bertz CT molecular complexity index is 350. The number of halogens is 1. The van der Waals surface area contributed by atoms with Crippen LogP contribution in [0.4, 0.5) is 4.39 Å². The first-order valence-corrected chi connectivity index (χ1v) is 6.00. The number of rotatable bonds is 5. The molecule has 0 radical (unpaired) electrons. The van der Waals surface area contributed by atoms with Crippen LogP contribution in [0, 0.1) is 11.7 Å². The Kier molecular flexibility index (Phi) is 3.54. The molecule has 2 nitrogen and oxygen atoms in total. The first-order chi connectivity index (χ1) is 7.66. The molecule has 1 aromatic rings. The summed E-state index contributed by atoms with van der Waals surface area (Å²) < 4.78 is 13.0. The molecule has 0 spiro atoms. The number of nitrogens with zero attached hydrogens (tertiary/aromatic N) is 1. The van der Waals surface area contributed by atoms with Gasteiger partial charge in [0.2, 0.25) is 0 Å². The van der Waals surface area contributed by atoms with Crippen LogP contribution in [0.5, 0.6) is 0 Å². The van der Waals surface area contributed by atoms with Gasteiger partial charge in [0.05, 0.1) is 6.20 Å². The maximum atomic E-state index is 13.0. The van der Waals surface area contributed by atoms with Crippen LogP contribution in [0.15, 0.2) is 18.5 Å². The van der Waals surface area contributed by atoms with Crippen LogP contribution in [0.2, 0.25) is 0 Å². The first kappa shape index (κ1) is 11.5. The Hall–Kier alpha value is -0.960. The molecule has 2 rings (SSSR count). The maximum absolute atomic E-state index is 13.0. The zero-order valence-corrected chi connectivity index (χ0v) is 9.91. The molecule has 1 aliphatic carbocycles. The molecule has 88 valence electrons. The van der Waals surface area contributed by atoms with Crippen LogP contribution in [0.25, 0.3) is 0 Å². The highest BCUT2D eigenvalue weighted by molar-refractivity contribution is 5.15. The van der Waals surface area contributed by atoms with E-state index in [0.717, 1.165) is 18.2 Å². The molecule has 2 unspecified atom stereocenters. The van der Waals surface area contributed by atoms with Gasteiger partial charge < -0.3 is 5.32 Å². The van der Waals surface area contributed by atoms with E-state index in [1.54, 1.807) is 12.3 Å². The number of hydrogen-bond donors (Lipinski definition) is 1. The molecule has 1 N–H and O–H groups in total. The molecule has 0 aromatic carbocycles. The molecular formula is C13H19FN2. The van der Waals surface area contributed by atoms with Crippen LogP contribution >= 0.6 is 0 Å². The second-order valence-electron chi connectivity index (χ2n) is 4.88. The van der Waals surface area contributed by atoms with Crippen LogP contribution in [-0.2, 0) is 0 Å². The van der Waals surface area contributed by atoms with Crippen LogP contribution < -0.4 is 5.32 Å². The van der Waals surface area contributed by atoms with Gasteiger partial charge in [0.15, 0.2) is 0 Å². The van der Waals surface area contributed by atoms with Gasteiger partial charge in [-0.05, 0) is 42.9 Å². The SMILES string of the molecule is CC(CNC1CC1)C(C)c1cncc(F)c1. The number of hydrogen-bond acceptors (Lipinski definition) is 2. The third kappa shape index (κ3) is 3.01. The van der Waals surface area contributed by atoms with Crippen molar-refractivity contribution in [3.8, 4) is 0 Å². The highest BCUT2D eigenvalue weighted by Gasteiger charge is 2.22.